The maximum absolute atomic E-state index is 12.1. The molecule has 2 aromatic carbocycles. The summed E-state index contributed by atoms with van der Waals surface area (Å²) in [4.78, 5) is 12.1. The molecule has 25 heavy (non-hydrogen) atoms. The standard InChI is InChI=1S/C17H13F2N3O2S/c18-16(19)24-13-8-6-11(7-9-13)10-14(23)20-17-22-21-15(25-17)12-4-2-1-3-5-12/h1-9,16H,10H2,(H,20,22,23). The summed E-state index contributed by atoms with van der Waals surface area (Å²) in [5.74, 6) is -0.214. The molecule has 0 aliphatic heterocycles. The number of ether oxygens (including phenoxy) is 1. The summed E-state index contributed by atoms with van der Waals surface area (Å²) in [7, 11) is 0. The highest BCUT2D eigenvalue weighted by molar-refractivity contribution is 7.18. The minimum absolute atomic E-state index is 0.0517. The highest BCUT2D eigenvalue weighted by Crippen LogP contribution is 2.26. The van der Waals surface area contributed by atoms with Crippen molar-refractivity contribution in [1.29, 1.82) is 0 Å². The van der Waals surface area contributed by atoms with Crippen LogP contribution in [0.5, 0.6) is 5.75 Å². The van der Waals surface area contributed by atoms with E-state index >= 15 is 0 Å². The van der Waals surface area contributed by atoms with Crippen molar-refractivity contribution < 1.29 is 18.3 Å². The lowest BCUT2D eigenvalue weighted by Crippen LogP contribution is -2.14. The van der Waals surface area contributed by atoms with Gasteiger partial charge >= 0.3 is 6.61 Å². The summed E-state index contributed by atoms with van der Waals surface area (Å²) in [5, 5.41) is 11.8. The molecule has 0 radical (unpaired) electrons. The van der Waals surface area contributed by atoms with Crippen LogP contribution < -0.4 is 10.1 Å². The van der Waals surface area contributed by atoms with Crippen molar-refractivity contribution in [3.8, 4) is 16.3 Å². The molecule has 0 unspecified atom stereocenters. The van der Waals surface area contributed by atoms with Crippen LogP contribution >= 0.6 is 11.3 Å². The van der Waals surface area contributed by atoms with Crippen LogP contribution in [0.2, 0.25) is 0 Å². The molecule has 1 heterocycles. The van der Waals surface area contributed by atoms with Crippen LogP contribution in [-0.4, -0.2) is 22.7 Å². The van der Waals surface area contributed by atoms with Gasteiger partial charge in [-0.3, -0.25) is 4.79 Å². The van der Waals surface area contributed by atoms with Crippen molar-refractivity contribution >= 4 is 22.4 Å². The Morgan fingerprint density at radius 3 is 2.48 bits per heavy atom. The number of carbonyl (C=O) groups is 1. The molecule has 0 fully saturated rings. The molecule has 0 aliphatic rings. The largest absolute Gasteiger partial charge is 0.435 e. The molecule has 0 saturated heterocycles. The Kier molecular flexibility index (Phi) is 5.30. The lowest BCUT2D eigenvalue weighted by Gasteiger charge is -2.05. The van der Waals surface area contributed by atoms with E-state index in [2.05, 4.69) is 20.3 Å². The molecule has 8 heteroatoms. The van der Waals surface area contributed by atoms with Gasteiger partial charge in [-0.05, 0) is 17.7 Å². The number of carbonyl (C=O) groups excluding carboxylic acids is 1. The van der Waals surface area contributed by atoms with Crippen LogP contribution in [0.3, 0.4) is 0 Å². The van der Waals surface area contributed by atoms with Crippen LogP contribution in [-0.2, 0) is 11.2 Å². The molecule has 5 nitrogen and oxygen atoms in total. The fourth-order valence-electron chi connectivity index (χ4n) is 2.11. The number of anilines is 1. The van der Waals surface area contributed by atoms with Gasteiger partial charge in [0.25, 0.3) is 0 Å². The van der Waals surface area contributed by atoms with E-state index in [4.69, 9.17) is 0 Å². The van der Waals surface area contributed by atoms with E-state index < -0.39 is 6.61 Å². The molecule has 1 aromatic heterocycles. The summed E-state index contributed by atoms with van der Waals surface area (Å²) in [6.07, 6.45) is 0.0925. The van der Waals surface area contributed by atoms with Crippen LogP contribution in [0.25, 0.3) is 10.6 Å². The third-order valence-corrected chi connectivity index (χ3v) is 4.09. The van der Waals surface area contributed by atoms with Crippen LogP contribution in [0, 0.1) is 0 Å². The number of nitrogens with zero attached hydrogens (tertiary/aromatic N) is 2. The van der Waals surface area contributed by atoms with Gasteiger partial charge in [0.1, 0.15) is 10.8 Å². The van der Waals surface area contributed by atoms with Crippen LogP contribution in [0.1, 0.15) is 5.56 Å². The van der Waals surface area contributed by atoms with E-state index in [0.717, 1.165) is 5.56 Å². The quantitative estimate of drug-likeness (QED) is 0.721. The van der Waals surface area contributed by atoms with Gasteiger partial charge in [0.15, 0.2) is 0 Å². The number of rotatable bonds is 6. The topological polar surface area (TPSA) is 64.1 Å². The fraction of sp³-hybridized carbons (Fsp3) is 0.118. The Labute approximate surface area is 146 Å². The second kappa shape index (κ2) is 7.80. The Balaban J connectivity index is 1.58. The molecule has 3 aromatic rings. The molecular weight excluding hydrogens is 348 g/mol. The van der Waals surface area contributed by atoms with Gasteiger partial charge in [-0.25, -0.2) is 0 Å². The monoisotopic (exact) mass is 361 g/mol. The van der Waals surface area contributed by atoms with Crippen LogP contribution in [0.4, 0.5) is 13.9 Å². The van der Waals surface area contributed by atoms with Crippen molar-refractivity contribution in [2.24, 2.45) is 0 Å². The molecule has 128 valence electrons. The minimum atomic E-state index is -2.87. The minimum Gasteiger partial charge on any atom is -0.435 e. The molecule has 1 N–H and O–H groups in total. The molecule has 0 atom stereocenters. The lowest BCUT2D eigenvalue weighted by molar-refractivity contribution is -0.115. The zero-order chi connectivity index (χ0) is 17.6. The molecule has 3 rings (SSSR count). The maximum atomic E-state index is 12.1. The first kappa shape index (κ1) is 17.0. The average Bonchev–Trinajstić information content (AvgIpc) is 3.05. The van der Waals surface area contributed by atoms with Crippen molar-refractivity contribution in [2.75, 3.05) is 5.32 Å². The van der Waals surface area contributed by atoms with Crippen molar-refractivity contribution in [3.63, 3.8) is 0 Å². The first-order valence-corrected chi connectivity index (χ1v) is 8.14. The Morgan fingerprint density at radius 1 is 1.08 bits per heavy atom. The summed E-state index contributed by atoms with van der Waals surface area (Å²) >= 11 is 1.28. The second-order valence-electron chi connectivity index (χ2n) is 5.03. The summed E-state index contributed by atoms with van der Waals surface area (Å²) in [6, 6.07) is 15.4. The van der Waals surface area contributed by atoms with Crippen LogP contribution in [0.15, 0.2) is 54.6 Å². The molecule has 1 amide bonds. The van der Waals surface area contributed by atoms with Gasteiger partial charge in [0, 0.05) is 5.56 Å². The van der Waals surface area contributed by atoms with E-state index in [1.54, 1.807) is 12.1 Å². The maximum Gasteiger partial charge on any atom is 0.387 e. The average molecular weight is 361 g/mol. The predicted octanol–water partition coefficient (Wildman–Crippen LogP) is 3.99. The van der Waals surface area contributed by atoms with Gasteiger partial charge in [0.2, 0.25) is 11.0 Å². The normalized spacial score (nSPS) is 10.7. The summed E-state index contributed by atoms with van der Waals surface area (Å²) in [6.45, 7) is -2.87. The third-order valence-electron chi connectivity index (χ3n) is 3.21. The Morgan fingerprint density at radius 2 is 1.80 bits per heavy atom. The van der Waals surface area contributed by atoms with Gasteiger partial charge in [-0.1, -0.05) is 53.8 Å². The Hall–Kier alpha value is -2.87. The van der Waals surface area contributed by atoms with Gasteiger partial charge in [-0.15, -0.1) is 10.2 Å². The first-order valence-electron chi connectivity index (χ1n) is 7.33. The number of alkyl halides is 2. The summed E-state index contributed by atoms with van der Waals surface area (Å²) in [5.41, 5.74) is 1.60. The number of benzene rings is 2. The summed E-state index contributed by atoms with van der Waals surface area (Å²) < 4.78 is 28.5. The van der Waals surface area contributed by atoms with E-state index in [0.29, 0.717) is 15.7 Å². The number of halogens is 2. The van der Waals surface area contributed by atoms with Gasteiger partial charge < -0.3 is 10.1 Å². The smallest absolute Gasteiger partial charge is 0.387 e. The Bertz CT molecular complexity index is 839. The number of aromatic nitrogens is 2. The first-order chi connectivity index (χ1) is 12.1. The van der Waals surface area contributed by atoms with Gasteiger partial charge in [0.05, 0.1) is 6.42 Å². The third kappa shape index (κ3) is 4.80. The SMILES string of the molecule is O=C(Cc1ccc(OC(F)F)cc1)Nc1nnc(-c2ccccc2)s1. The molecule has 0 saturated carbocycles. The van der Waals surface area contributed by atoms with E-state index in [-0.39, 0.29) is 18.1 Å². The van der Waals surface area contributed by atoms with E-state index in [9.17, 15) is 13.6 Å². The number of nitrogens with one attached hydrogen (secondary N) is 1. The highest BCUT2D eigenvalue weighted by Gasteiger charge is 2.11. The van der Waals surface area contributed by atoms with E-state index in [1.807, 2.05) is 30.3 Å². The molecular formula is C17H13F2N3O2S. The number of hydrogen-bond acceptors (Lipinski definition) is 5. The fourth-order valence-corrected chi connectivity index (χ4v) is 2.87. The number of amides is 1. The van der Waals surface area contributed by atoms with Crippen molar-refractivity contribution in [3.05, 3.63) is 60.2 Å². The van der Waals surface area contributed by atoms with Crippen molar-refractivity contribution in [2.45, 2.75) is 13.0 Å². The van der Waals surface area contributed by atoms with Crippen molar-refractivity contribution in [1.82, 2.24) is 10.2 Å². The molecule has 0 spiro atoms. The van der Waals surface area contributed by atoms with Gasteiger partial charge in [-0.2, -0.15) is 8.78 Å². The number of hydrogen-bond donors (Lipinski definition) is 1. The lowest BCUT2D eigenvalue weighted by atomic mass is 10.1. The molecule has 0 aliphatic carbocycles. The predicted molar refractivity (Wildman–Crippen MR) is 90.8 cm³/mol. The zero-order valence-corrected chi connectivity index (χ0v) is 13.7. The van der Waals surface area contributed by atoms with E-state index in [1.165, 1.54) is 23.5 Å². The second-order valence-corrected chi connectivity index (χ2v) is 6.00. The highest BCUT2D eigenvalue weighted by atomic mass is 32.1. The molecule has 0 bridgehead atoms. The zero-order valence-electron chi connectivity index (χ0n) is 12.9.